The maximum atomic E-state index is 10.5. The van der Waals surface area contributed by atoms with E-state index in [4.69, 9.17) is 0 Å². The van der Waals surface area contributed by atoms with Gasteiger partial charge < -0.3 is 4.98 Å². The molecular weight excluding hydrogens is 160 g/mol. The number of nitrogens with one attached hydrogen (secondary N) is 1. The predicted octanol–water partition coefficient (Wildman–Crippen LogP) is 0.713. The van der Waals surface area contributed by atoms with Crippen molar-refractivity contribution in [2.24, 2.45) is 0 Å². The Morgan fingerprint density at radius 2 is 2.55 bits per heavy atom. The molecule has 0 atom stereocenters. The zero-order valence-electron chi connectivity index (χ0n) is 5.82. The molecule has 0 aliphatic rings. The molecular formula is C7H8N2OS. The van der Waals surface area contributed by atoms with Gasteiger partial charge in [-0.15, -0.1) is 0 Å². The molecule has 0 spiro atoms. The van der Waals surface area contributed by atoms with Crippen LogP contribution in [0.2, 0.25) is 0 Å². The van der Waals surface area contributed by atoms with Crippen LogP contribution in [0.3, 0.4) is 0 Å². The molecule has 0 unspecified atom stereocenters. The van der Waals surface area contributed by atoms with Gasteiger partial charge in [0.25, 0.3) is 0 Å². The number of aromatic amines is 1. The van der Waals surface area contributed by atoms with E-state index in [9.17, 15) is 4.79 Å². The number of thiol groups is 1. The van der Waals surface area contributed by atoms with Crippen molar-refractivity contribution in [3.8, 4) is 0 Å². The van der Waals surface area contributed by atoms with Crippen LogP contribution in [0, 0.1) is 0 Å². The lowest BCUT2D eigenvalue weighted by atomic mass is 10.3. The molecule has 0 aliphatic carbocycles. The van der Waals surface area contributed by atoms with Gasteiger partial charge in [-0.1, -0.05) is 12.2 Å². The van der Waals surface area contributed by atoms with Crippen molar-refractivity contribution in [3.63, 3.8) is 0 Å². The van der Waals surface area contributed by atoms with E-state index in [-0.39, 0.29) is 5.69 Å². The van der Waals surface area contributed by atoms with E-state index in [0.29, 0.717) is 5.75 Å². The first-order chi connectivity index (χ1) is 5.33. The van der Waals surface area contributed by atoms with Gasteiger partial charge in [0, 0.05) is 23.7 Å². The van der Waals surface area contributed by atoms with Crippen molar-refractivity contribution in [2.75, 3.05) is 5.75 Å². The first kappa shape index (κ1) is 8.07. The zero-order valence-corrected chi connectivity index (χ0v) is 6.71. The summed E-state index contributed by atoms with van der Waals surface area (Å²) in [6.45, 7) is 0. The first-order valence-electron chi connectivity index (χ1n) is 3.15. The Balaban J connectivity index is 2.82. The Hall–Kier alpha value is -1.03. The summed E-state index contributed by atoms with van der Waals surface area (Å²) in [5, 5.41) is 0. The Morgan fingerprint density at radius 3 is 3.09 bits per heavy atom. The number of nitrogens with zero attached hydrogens (tertiary/aromatic N) is 1. The van der Waals surface area contributed by atoms with Crippen molar-refractivity contribution in [1.82, 2.24) is 9.97 Å². The van der Waals surface area contributed by atoms with Crippen molar-refractivity contribution >= 4 is 18.7 Å². The molecule has 0 radical (unpaired) electrons. The number of rotatable bonds is 2. The molecule has 1 heterocycles. The van der Waals surface area contributed by atoms with E-state index in [0.717, 1.165) is 5.56 Å². The standard InChI is InChI=1S/C7H8N2OS/c10-7-8-4-6(5-9-7)2-1-3-11/h1-2,4-5,11H,3H2,(H,8,9,10). The third kappa shape index (κ3) is 2.59. The molecule has 1 aromatic rings. The minimum Gasteiger partial charge on any atom is -0.312 e. The van der Waals surface area contributed by atoms with Crippen molar-refractivity contribution in [1.29, 1.82) is 0 Å². The summed E-state index contributed by atoms with van der Waals surface area (Å²) < 4.78 is 0. The van der Waals surface area contributed by atoms with Crippen molar-refractivity contribution in [2.45, 2.75) is 0 Å². The van der Waals surface area contributed by atoms with Crippen molar-refractivity contribution in [3.05, 3.63) is 34.5 Å². The fourth-order valence-electron chi connectivity index (χ4n) is 0.633. The van der Waals surface area contributed by atoms with Gasteiger partial charge >= 0.3 is 5.69 Å². The third-order valence-electron chi connectivity index (χ3n) is 1.11. The van der Waals surface area contributed by atoms with Crippen LogP contribution in [0.25, 0.3) is 6.08 Å². The van der Waals surface area contributed by atoms with E-state index in [1.165, 1.54) is 6.20 Å². The lowest BCUT2D eigenvalue weighted by Gasteiger charge is -1.87. The van der Waals surface area contributed by atoms with E-state index in [1.54, 1.807) is 6.20 Å². The van der Waals surface area contributed by atoms with Crippen LogP contribution in [-0.4, -0.2) is 15.7 Å². The Labute approximate surface area is 69.6 Å². The predicted molar refractivity (Wildman–Crippen MR) is 47.7 cm³/mol. The topological polar surface area (TPSA) is 45.8 Å². The van der Waals surface area contributed by atoms with Gasteiger partial charge in [0.2, 0.25) is 0 Å². The van der Waals surface area contributed by atoms with E-state index in [1.807, 2.05) is 12.2 Å². The number of hydrogen-bond acceptors (Lipinski definition) is 3. The van der Waals surface area contributed by atoms with Crippen LogP contribution in [0.1, 0.15) is 5.56 Å². The molecule has 0 fully saturated rings. The summed E-state index contributed by atoms with van der Waals surface area (Å²) in [6, 6.07) is 0. The second kappa shape index (κ2) is 3.98. The van der Waals surface area contributed by atoms with Crippen LogP contribution >= 0.6 is 12.6 Å². The fraction of sp³-hybridized carbons (Fsp3) is 0.143. The second-order valence-corrected chi connectivity index (χ2v) is 2.30. The highest BCUT2D eigenvalue weighted by molar-refractivity contribution is 7.80. The van der Waals surface area contributed by atoms with Crippen LogP contribution in [0.4, 0.5) is 0 Å². The molecule has 3 nitrogen and oxygen atoms in total. The maximum absolute atomic E-state index is 10.5. The average Bonchev–Trinajstić information content (AvgIpc) is 2.04. The summed E-state index contributed by atoms with van der Waals surface area (Å²) in [5.74, 6) is 0.680. The van der Waals surface area contributed by atoms with E-state index >= 15 is 0 Å². The Bertz CT molecular complexity index is 285. The van der Waals surface area contributed by atoms with Crippen LogP contribution in [0.15, 0.2) is 23.3 Å². The van der Waals surface area contributed by atoms with Gasteiger partial charge in [0.05, 0.1) is 0 Å². The molecule has 58 valence electrons. The van der Waals surface area contributed by atoms with Gasteiger partial charge in [0.15, 0.2) is 0 Å². The smallest absolute Gasteiger partial charge is 0.312 e. The lowest BCUT2D eigenvalue weighted by Crippen LogP contribution is -2.07. The second-order valence-electron chi connectivity index (χ2n) is 1.94. The van der Waals surface area contributed by atoms with Gasteiger partial charge in [-0.05, 0) is 0 Å². The lowest BCUT2D eigenvalue weighted by molar-refractivity contribution is 1.07. The minimum atomic E-state index is -0.326. The van der Waals surface area contributed by atoms with Crippen molar-refractivity contribution < 1.29 is 0 Å². The highest BCUT2D eigenvalue weighted by Gasteiger charge is 1.84. The van der Waals surface area contributed by atoms with Crippen LogP contribution in [0.5, 0.6) is 0 Å². The van der Waals surface area contributed by atoms with Gasteiger partial charge in [0.1, 0.15) is 0 Å². The maximum Gasteiger partial charge on any atom is 0.344 e. The number of hydrogen-bond donors (Lipinski definition) is 2. The van der Waals surface area contributed by atoms with E-state index in [2.05, 4.69) is 22.6 Å². The summed E-state index contributed by atoms with van der Waals surface area (Å²) in [5.41, 5.74) is 0.548. The molecule has 0 amide bonds. The quantitative estimate of drug-likeness (QED) is 0.639. The molecule has 0 saturated heterocycles. The number of aromatic nitrogens is 2. The molecule has 0 aliphatic heterocycles. The SMILES string of the molecule is O=c1ncc(C=CCS)c[nH]1. The molecule has 11 heavy (non-hydrogen) atoms. The normalized spacial score (nSPS) is 10.6. The largest absolute Gasteiger partial charge is 0.344 e. The molecule has 1 aromatic heterocycles. The van der Waals surface area contributed by atoms with E-state index < -0.39 is 0 Å². The summed E-state index contributed by atoms with van der Waals surface area (Å²) >= 11 is 3.99. The van der Waals surface area contributed by atoms with Crippen LogP contribution < -0.4 is 5.69 Å². The van der Waals surface area contributed by atoms with Gasteiger partial charge in [-0.25, -0.2) is 9.78 Å². The Morgan fingerprint density at radius 1 is 1.73 bits per heavy atom. The van der Waals surface area contributed by atoms with Gasteiger partial charge in [-0.2, -0.15) is 12.6 Å². The molecule has 1 rings (SSSR count). The highest BCUT2D eigenvalue weighted by Crippen LogP contribution is 1.94. The van der Waals surface area contributed by atoms with Gasteiger partial charge in [-0.3, -0.25) is 0 Å². The highest BCUT2D eigenvalue weighted by atomic mass is 32.1. The first-order valence-corrected chi connectivity index (χ1v) is 3.78. The molecule has 1 N–H and O–H groups in total. The Kier molecular flexibility index (Phi) is 2.92. The zero-order chi connectivity index (χ0) is 8.10. The molecule has 4 heteroatoms. The van der Waals surface area contributed by atoms with Crippen LogP contribution in [-0.2, 0) is 0 Å². The summed E-state index contributed by atoms with van der Waals surface area (Å²) in [7, 11) is 0. The molecule has 0 bridgehead atoms. The fourth-order valence-corrected chi connectivity index (χ4v) is 0.738. The summed E-state index contributed by atoms with van der Waals surface area (Å²) in [6.07, 6.45) is 6.84. The number of H-pyrrole nitrogens is 1. The molecule has 0 saturated carbocycles. The molecule has 0 aromatic carbocycles. The monoisotopic (exact) mass is 168 g/mol. The minimum absolute atomic E-state index is 0.326. The average molecular weight is 168 g/mol. The summed E-state index contributed by atoms with van der Waals surface area (Å²) in [4.78, 5) is 16.5. The third-order valence-corrected chi connectivity index (χ3v) is 1.32.